The lowest BCUT2D eigenvalue weighted by Gasteiger charge is -2.15. The molecule has 1 aromatic heterocycles. The zero-order chi connectivity index (χ0) is 23.1. The molecule has 0 radical (unpaired) electrons. The van der Waals surface area contributed by atoms with Crippen molar-refractivity contribution >= 4 is 57.4 Å². The second-order valence-corrected chi connectivity index (χ2v) is 8.47. The van der Waals surface area contributed by atoms with Crippen molar-refractivity contribution in [3.63, 3.8) is 0 Å². The van der Waals surface area contributed by atoms with Crippen molar-refractivity contribution in [3.05, 3.63) is 89.0 Å². The molecule has 3 heterocycles. The summed E-state index contributed by atoms with van der Waals surface area (Å²) in [6, 6.07) is 21.6. The summed E-state index contributed by atoms with van der Waals surface area (Å²) in [6.45, 7) is 3.20. The molecule has 0 N–H and O–H groups in total. The highest BCUT2D eigenvalue weighted by Gasteiger charge is 2.44. The first-order chi connectivity index (χ1) is 16.0. The first-order valence-electron chi connectivity index (χ1n) is 10.2. The van der Waals surface area contributed by atoms with Crippen molar-refractivity contribution in [2.24, 2.45) is 4.99 Å². The molecular formula is C25H18N4O3S. The number of fused-ring (bicyclic) bond motifs is 1. The van der Waals surface area contributed by atoms with Crippen molar-refractivity contribution < 1.29 is 14.4 Å². The van der Waals surface area contributed by atoms with Crippen molar-refractivity contribution in [1.82, 2.24) is 4.98 Å². The van der Waals surface area contributed by atoms with Gasteiger partial charge in [-0.2, -0.15) is 0 Å². The quantitative estimate of drug-likeness (QED) is 0.534. The van der Waals surface area contributed by atoms with Crippen molar-refractivity contribution in [1.29, 1.82) is 0 Å². The molecule has 3 amide bonds. The summed E-state index contributed by atoms with van der Waals surface area (Å²) in [5, 5.41) is 0.387. The number of aliphatic imine (C=N–C) groups is 1. The van der Waals surface area contributed by atoms with Gasteiger partial charge in [0.1, 0.15) is 0 Å². The third-order valence-electron chi connectivity index (χ3n) is 5.25. The Morgan fingerprint density at radius 3 is 2.36 bits per heavy atom. The molecular weight excluding hydrogens is 436 g/mol. The first-order valence-corrected chi connectivity index (χ1v) is 11.1. The maximum Gasteiger partial charge on any atom is 0.272 e. The normalized spacial score (nSPS) is 18.9. The molecule has 2 aliphatic rings. The number of amidine groups is 1. The number of anilines is 2. The topological polar surface area (TPSA) is 82.9 Å². The Hall–Kier alpha value is -4.04. The van der Waals surface area contributed by atoms with Crippen LogP contribution in [0.5, 0.6) is 0 Å². The van der Waals surface area contributed by atoms with Crippen LogP contribution in [0.25, 0.3) is 5.57 Å². The molecule has 3 aromatic rings. The standard InChI is InChI=1S/C25H18N4O3S/c1-15-9-8-14-20(26-15)27-25-29(17-10-4-3-5-11-17)24(32)22(33-25)21-18-12-6-7-13-19(18)28(16(2)30)23(21)31/h3-14H,1-2H3/b22-21-,27-25+. The van der Waals surface area contributed by atoms with Crippen molar-refractivity contribution in [2.75, 3.05) is 9.80 Å². The van der Waals surface area contributed by atoms with Crippen LogP contribution in [0.1, 0.15) is 18.2 Å². The minimum atomic E-state index is -0.512. The van der Waals surface area contributed by atoms with Gasteiger partial charge in [-0.25, -0.2) is 14.9 Å². The molecule has 0 bridgehead atoms. The number of rotatable bonds is 2. The van der Waals surface area contributed by atoms with Crippen molar-refractivity contribution in [3.8, 4) is 0 Å². The van der Waals surface area contributed by atoms with Gasteiger partial charge in [0.05, 0.1) is 21.9 Å². The highest BCUT2D eigenvalue weighted by atomic mass is 32.2. The van der Waals surface area contributed by atoms with Crippen molar-refractivity contribution in [2.45, 2.75) is 13.8 Å². The number of hydrogen-bond acceptors (Lipinski definition) is 6. The van der Waals surface area contributed by atoms with Gasteiger partial charge in [0.15, 0.2) is 11.0 Å². The predicted molar refractivity (Wildman–Crippen MR) is 129 cm³/mol. The lowest BCUT2D eigenvalue weighted by Crippen LogP contribution is -2.32. The number of thioether (sulfide) groups is 1. The molecule has 0 unspecified atom stereocenters. The summed E-state index contributed by atoms with van der Waals surface area (Å²) in [7, 11) is 0. The van der Waals surface area contributed by atoms with E-state index in [1.165, 1.54) is 11.8 Å². The third-order valence-corrected chi connectivity index (χ3v) is 6.29. The molecule has 162 valence electrons. The average molecular weight is 455 g/mol. The summed E-state index contributed by atoms with van der Waals surface area (Å²) < 4.78 is 0. The first kappa shape index (κ1) is 20.8. The van der Waals surface area contributed by atoms with Crippen LogP contribution >= 0.6 is 11.8 Å². The van der Waals surface area contributed by atoms with Crippen LogP contribution in [0.4, 0.5) is 17.2 Å². The molecule has 0 aliphatic carbocycles. The Bertz CT molecular complexity index is 1380. The van der Waals surface area contributed by atoms with Crippen LogP contribution in [-0.4, -0.2) is 27.9 Å². The number of carbonyl (C=O) groups is 3. The maximum absolute atomic E-state index is 13.7. The van der Waals surface area contributed by atoms with E-state index in [1.54, 1.807) is 42.5 Å². The molecule has 0 spiro atoms. The molecule has 7 nitrogen and oxygen atoms in total. The van der Waals surface area contributed by atoms with E-state index >= 15 is 0 Å². The number of benzene rings is 2. The smallest absolute Gasteiger partial charge is 0.272 e. The molecule has 8 heteroatoms. The van der Waals surface area contributed by atoms with Gasteiger partial charge in [0.25, 0.3) is 11.8 Å². The molecule has 0 atom stereocenters. The molecule has 5 rings (SSSR count). The molecule has 33 heavy (non-hydrogen) atoms. The van der Waals surface area contributed by atoms with E-state index in [-0.39, 0.29) is 16.4 Å². The number of aromatic nitrogens is 1. The number of amides is 3. The van der Waals surface area contributed by atoms with E-state index in [0.717, 1.165) is 22.4 Å². The van der Waals surface area contributed by atoms with E-state index in [4.69, 9.17) is 0 Å². The molecule has 0 saturated carbocycles. The number of aryl methyl sites for hydroxylation is 1. The van der Waals surface area contributed by atoms with E-state index < -0.39 is 11.8 Å². The zero-order valence-corrected chi connectivity index (χ0v) is 18.7. The number of nitrogens with zero attached hydrogens (tertiary/aromatic N) is 4. The largest absolute Gasteiger partial charge is 0.274 e. The van der Waals surface area contributed by atoms with Gasteiger partial charge in [-0.05, 0) is 49.0 Å². The fourth-order valence-corrected chi connectivity index (χ4v) is 4.92. The van der Waals surface area contributed by atoms with Gasteiger partial charge in [-0.15, -0.1) is 0 Å². The maximum atomic E-state index is 13.7. The Morgan fingerprint density at radius 1 is 0.909 bits per heavy atom. The van der Waals surface area contributed by atoms with Gasteiger partial charge in [0.2, 0.25) is 5.91 Å². The third kappa shape index (κ3) is 3.54. The minimum Gasteiger partial charge on any atom is -0.274 e. The molecule has 1 saturated heterocycles. The molecule has 1 fully saturated rings. The van der Waals surface area contributed by atoms with Crippen LogP contribution in [0.2, 0.25) is 0 Å². The lowest BCUT2D eigenvalue weighted by molar-refractivity contribution is -0.122. The Labute approximate surface area is 194 Å². The lowest BCUT2D eigenvalue weighted by atomic mass is 10.1. The summed E-state index contributed by atoms with van der Waals surface area (Å²) in [5.74, 6) is -0.832. The van der Waals surface area contributed by atoms with Gasteiger partial charge in [-0.1, -0.05) is 42.5 Å². The van der Waals surface area contributed by atoms with E-state index in [1.807, 2.05) is 37.3 Å². The average Bonchev–Trinajstić information content (AvgIpc) is 3.27. The number of para-hydroxylation sites is 2. The van der Waals surface area contributed by atoms with Crippen LogP contribution in [0.15, 0.2) is 82.7 Å². The minimum absolute atomic E-state index is 0.208. The Balaban J connectivity index is 1.70. The number of hydrogen-bond donors (Lipinski definition) is 0. The van der Waals surface area contributed by atoms with Crippen LogP contribution in [0, 0.1) is 6.92 Å². The van der Waals surface area contributed by atoms with Crippen LogP contribution in [0.3, 0.4) is 0 Å². The summed E-state index contributed by atoms with van der Waals surface area (Å²) in [4.78, 5) is 51.1. The Kier molecular flexibility index (Phi) is 5.14. The van der Waals surface area contributed by atoms with E-state index in [9.17, 15) is 14.4 Å². The Morgan fingerprint density at radius 2 is 1.64 bits per heavy atom. The van der Waals surface area contributed by atoms with Gasteiger partial charge in [-0.3, -0.25) is 19.3 Å². The number of pyridine rings is 1. The fourth-order valence-electron chi connectivity index (χ4n) is 3.84. The second-order valence-electron chi connectivity index (χ2n) is 7.49. The second kappa shape index (κ2) is 8.14. The summed E-state index contributed by atoms with van der Waals surface area (Å²) in [6.07, 6.45) is 0. The monoisotopic (exact) mass is 454 g/mol. The fraction of sp³-hybridized carbons (Fsp3) is 0.0800. The van der Waals surface area contributed by atoms with Gasteiger partial charge >= 0.3 is 0 Å². The van der Waals surface area contributed by atoms with Gasteiger partial charge < -0.3 is 0 Å². The molecule has 2 aliphatic heterocycles. The summed E-state index contributed by atoms with van der Waals surface area (Å²) in [5.41, 5.74) is 2.66. The zero-order valence-electron chi connectivity index (χ0n) is 17.9. The van der Waals surface area contributed by atoms with Gasteiger partial charge in [0, 0.05) is 18.2 Å². The molecule has 2 aromatic carbocycles. The highest BCUT2D eigenvalue weighted by molar-refractivity contribution is 8.19. The summed E-state index contributed by atoms with van der Waals surface area (Å²) >= 11 is 1.11. The predicted octanol–water partition coefficient (Wildman–Crippen LogP) is 4.46. The van der Waals surface area contributed by atoms with Crippen LogP contribution < -0.4 is 9.80 Å². The number of imide groups is 1. The number of carbonyl (C=O) groups excluding carboxylic acids is 3. The van der Waals surface area contributed by atoms with E-state index in [2.05, 4.69) is 9.98 Å². The highest BCUT2D eigenvalue weighted by Crippen LogP contribution is 2.45. The SMILES string of the molecule is CC(=O)N1C(=O)/C(=C2\S/C(=N/c3cccc(C)n3)N(c3ccccc3)C2=O)c2ccccc21. The van der Waals surface area contributed by atoms with E-state index in [0.29, 0.717) is 27.9 Å². The van der Waals surface area contributed by atoms with Crippen LogP contribution in [-0.2, 0) is 14.4 Å².